The zero-order valence-electron chi connectivity index (χ0n) is 11.9. The quantitative estimate of drug-likeness (QED) is 0.855. The minimum Gasteiger partial charge on any atom is -0.491 e. The third kappa shape index (κ3) is 2.40. The Morgan fingerprint density at radius 1 is 1.14 bits per heavy atom. The normalized spacial score (nSPS) is 21.1. The smallest absolute Gasteiger partial charge is 0.148 e. The maximum absolute atomic E-state index is 6.01. The summed E-state index contributed by atoms with van der Waals surface area (Å²) in [6.45, 7) is 1.94. The van der Waals surface area contributed by atoms with Gasteiger partial charge in [-0.2, -0.15) is 0 Å². The summed E-state index contributed by atoms with van der Waals surface area (Å²) < 4.78 is 7.11. The summed E-state index contributed by atoms with van der Waals surface area (Å²) in [7, 11) is 0. The van der Waals surface area contributed by atoms with Gasteiger partial charge in [0.1, 0.15) is 5.75 Å². The summed E-state index contributed by atoms with van der Waals surface area (Å²) in [5, 5.41) is 3.60. The molecule has 2 aromatic rings. The molecule has 110 valence electrons. The summed E-state index contributed by atoms with van der Waals surface area (Å²) in [6.07, 6.45) is 4.71. The largest absolute Gasteiger partial charge is 0.491 e. The lowest BCUT2D eigenvalue weighted by Gasteiger charge is -2.17. The second-order valence-corrected chi connectivity index (χ2v) is 6.74. The maximum Gasteiger partial charge on any atom is 0.148 e. The lowest BCUT2D eigenvalue weighted by molar-refractivity contribution is 0.290. The van der Waals surface area contributed by atoms with E-state index in [2.05, 4.69) is 50.5 Å². The molecule has 1 unspecified atom stereocenters. The molecule has 0 bridgehead atoms. The van der Waals surface area contributed by atoms with E-state index in [4.69, 9.17) is 4.74 Å². The lowest BCUT2D eigenvalue weighted by Crippen LogP contribution is -2.16. The molecule has 3 nitrogen and oxygen atoms in total. The first kappa shape index (κ1) is 13.4. The van der Waals surface area contributed by atoms with Crippen molar-refractivity contribution in [1.82, 2.24) is 10.3 Å². The van der Waals surface area contributed by atoms with Crippen LogP contribution in [0, 0.1) is 0 Å². The Morgan fingerprint density at radius 3 is 2.76 bits per heavy atom. The summed E-state index contributed by atoms with van der Waals surface area (Å²) in [4.78, 5) is 3.67. The van der Waals surface area contributed by atoms with E-state index in [1.807, 2.05) is 0 Å². The van der Waals surface area contributed by atoms with Crippen LogP contribution in [-0.4, -0.2) is 18.1 Å². The molecule has 1 fully saturated rings. The van der Waals surface area contributed by atoms with Crippen LogP contribution in [0.5, 0.6) is 5.75 Å². The van der Waals surface area contributed by atoms with Crippen LogP contribution in [0.4, 0.5) is 0 Å². The number of hydrogen-bond acceptors (Lipinski definition) is 2. The number of H-pyrrole nitrogens is 1. The topological polar surface area (TPSA) is 37.0 Å². The van der Waals surface area contributed by atoms with E-state index in [1.54, 1.807) is 0 Å². The second kappa shape index (κ2) is 5.50. The van der Waals surface area contributed by atoms with E-state index >= 15 is 0 Å². The number of fused-ring (bicyclic) bond motifs is 1. The van der Waals surface area contributed by atoms with Crippen molar-refractivity contribution in [3.8, 4) is 17.0 Å². The van der Waals surface area contributed by atoms with Gasteiger partial charge in [0.2, 0.25) is 0 Å². The molecule has 4 heteroatoms. The Hall–Kier alpha value is -1.26. The highest BCUT2D eigenvalue weighted by molar-refractivity contribution is 9.10. The van der Waals surface area contributed by atoms with Crippen molar-refractivity contribution in [2.45, 2.75) is 31.7 Å². The molecule has 0 radical (unpaired) electrons. The fraction of sp³-hybridized carbons (Fsp3) is 0.412. The van der Waals surface area contributed by atoms with Crippen LogP contribution in [0.3, 0.4) is 0 Å². The van der Waals surface area contributed by atoms with Crippen molar-refractivity contribution in [3.63, 3.8) is 0 Å². The van der Waals surface area contributed by atoms with Gasteiger partial charge in [-0.3, -0.25) is 0 Å². The molecule has 0 spiro atoms. The number of rotatable bonds is 2. The van der Waals surface area contributed by atoms with E-state index in [9.17, 15) is 0 Å². The minimum absolute atomic E-state index is 0.463. The van der Waals surface area contributed by atoms with Crippen molar-refractivity contribution in [2.24, 2.45) is 0 Å². The Bertz CT molecular complexity index is 642. The second-order valence-electron chi connectivity index (χ2n) is 5.83. The molecule has 4 rings (SSSR count). The van der Waals surface area contributed by atoms with E-state index < -0.39 is 0 Å². The zero-order chi connectivity index (χ0) is 14.2. The van der Waals surface area contributed by atoms with Gasteiger partial charge in [0, 0.05) is 27.3 Å². The SMILES string of the molecule is Brc1ccc(-c2[nH]c(C3CCCN3)c3c2OCCC3)cc1. The third-order valence-electron chi connectivity index (χ3n) is 4.45. The van der Waals surface area contributed by atoms with Crippen molar-refractivity contribution in [2.75, 3.05) is 13.2 Å². The minimum atomic E-state index is 0.463. The predicted molar refractivity (Wildman–Crippen MR) is 87.7 cm³/mol. The summed E-state index contributed by atoms with van der Waals surface area (Å²) in [5.74, 6) is 1.08. The number of halogens is 1. The fourth-order valence-corrected chi connectivity index (χ4v) is 3.68. The molecule has 2 aliphatic heterocycles. The molecule has 1 atom stereocenters. The van der Waals surface area contributed by atoms with Crippen molar-refractivity contribution >= 4 is 15.9 Å². The van der Waals surface area contributed by atoms with Crippen LogP contribution < -0.4 is 10.1 Å². The van der Waals surface area contributed by atoms with E-state index in [0.717, 1.165) is 41.9 Å². The standard InChI is InChI=1S/C17H19BrN2O/c18-12-7-5-11(6-8-12)15-17-13(3-2-10-21-17)16(20-15)14-4-1-9-19-14/h5-8,14,19-20H,1-4,9-10H2. The van der Waals surface area contributed by atoms with Gasteiger partial charge in [-0.1, -0.05) is 28.1 Å². The molecule has 0 aliphatic carbocycles. The van der Waals surface area contributed by atoms with Crippen LogP contribution in [0.2, 0.25) is 0 Å². The number of hydrogen-bond donors (Lipinski definition) is 2. The van der Waals surface area contributed by atoms with Crippen molar-refractivity contribution in [3.05, 3.63) is 40.0 Å². The van der Waals surface area contributed by atoms with Crippen molar-refractivity contribution < 1.29 is 4.74 Å². The molecule has 1 saturated heterocycles. The third-order valence-corrected chi connectivity index (χ3v) is 4.97. The molecule has 1 aromatic carbocycles. The zero-order valence-corrected chi connectivity index (χ0v) is 13.5. The Balaban J connectivity index is 1.81. The molecule has 3 heterocycles. The monoisotopic (exact) mass is 346 g/mol. The summed E-state index contributed by atoms with van der Waals surface area (Å²) in [5.41, 5.74) is 5.07. The van der Waals surface area contributed by atoms with Crippen LogP contribution in [0.25, 0.3) is 11.3 Å². The molecule has 0 saturated carbocycles. The Labute approximate surface area is 133 Å². The predicted octanol–water partition coefficient (Wildman–Crippen LogP) is 4.19. The van der Waals surface area contributed by atoms with Gasteiger partial charge in [0.05, 0.1) is 12.3 Å². The van der Waals surface area contributed by atoms with Gasteiger partial charge in [0.15, 0.2) is 0 Å². The van der Waals surface area contributed by atoms with Gasteiger partial charge in [-0.15, -0.1) is 0 Å². The number of aromatic amines is 1. The maximum atomic E-state index is 6.01. The molecule has 2 N–H and O–H groups in total. The Kier molecular flexibility index (Phi) is 3.51. The molecular formula is C17H19BrN2O. The molecule has 21 heavy (non-hydrogen) atoms. The molecule has 0 amide bonds. The molecular weight excluding hydrogens is 328 g/mol. The average molecular weight is 347 g/mol. The Morgan fingerprint density at radius 2 is 2.00 bits per heavy atom. The van der Waals surface area contributed by atoms with Crippen LogP contribution in [0.1, 0.15) is 36.6 Å². The number of benzene rings is 1. The number of nitrogens with one attached hydrogen (secondary N) is 2. The molecule has 1 aromatic heterocycles. The van der Waals surface area contributed by atoms with Crippen LogP contribution in [0.15, 0.2) is 28.7 Å². The lowest BCUT2D eigenvalue weighted by atomic mass is 10.0. The summed E-state index contributed by atoms with van der Waals surface area (Å²) in [6, 6.07) is 8.90. The van der Waals surface area contributed by atoms with E-state index in [1.165, 1.54) is 29.7 Å². The summed E-state index contributed by atoms with van der Waals surface area (Å²) >= 11 is 3.50. The first-order valence-corrected chi connectivity index (χ1v) is 8.49. The first-order valence-electron chi connectivity index (χ1n) is 7.70. The average Bonchev–Trinajstić information content (AvgIpc) is 3.15. The van der Waals surface area contributed by atoms with Gasteiger partial charge in [-0.25, -0.2) is 0 Å². The van der Waals surface area contributed by atoms with Crippen LogP contribution in [-0.2, 0) is 6.42 Å². The van der Waals surface area contributed by atoms with Crippen molar-refractivity contribution in [1.29, 1.82) is 0 Å². The first-order chi connectivity index (χ1) is 10.3. The number of ether oxygens (including phenoxy) is 1. The van der Waals surface area contributed by atoms with Gasteiger partial charge in [-0.05, 0) is 44.4 Å². The number of aromatic nitrogens is 1. The van der Waals surface area contributed by atoms with Crippen LogP contribution >= 0.6 is 15.9 Å². The highest BCUT2D eigenvalue weighted by Crippen LogP contribution is 2.42. The highest BCUT2D eigenvalue weighted by Gasteiger charge is 2.28. The van der Waals surface area contributed by atoms with Gasteiger partial charge < -0.3 is 15.0 Å². The fourth-order valence-electron chi connectivity index (χ4n) is 3.42. The molecule has 2 aliphatic rings. The highest BCUT2D eigenvalue weighted by atomic mass is 79.9. The van der Waals surface area contributed by atoms with Gasteiger partial charge >= 0.3 is 0 Å². The van der Waals surface area contributed by atoms with E-state index in [0.29, 0.717) is 6.04 Å². The van der Waals surface area contributed by atoms with Gasteiger partial charge in [0.25, 0.3) is 0 Å². The van der Waals surface area contributed by atoms with E-state index in [-0.39, 0.29) is 0 Å².